The van der Waals surface area contributed by atoms with Gasteiger partial charge in [0.05, 0.1) is 7.11 Å². The van der Waals surface area contributed by atoms with Crippen LogP contribution in [0.5, 0.6) is 11.5 Å². The predicted molar refractivity (Wildman–Crippen MR) is 115 cm³/mol. The first kappa shape index (κ1) is 18.4. The predicted octanol–water partition coefficient (Wildman–Crippen LogP) is 6.97. The van der Waals surface area contributed by atoms with Crippen LogP contribution in [-0.2, 0) is 0 Å². The Morgan fingerprint density at radius 2 is 1.68 bits per heavy atom. The highest BCUT2D eigenvalue weighted by Gasteiger charge is 2.15. The molecule has 0 saturated heterocycles. The van der Waals surface area contributed by atoms with Crippen molar-refractivity contribution in [3.05, 3.63) is 108 Å². The van der Waals surface area contributed by atoms with Crippen molar-refractivity contribution in [3.8, 4) is 22.6 Å². The van der Waals surface area contributed by atoms with Crippen molar-refractivity contribution in [2.24, 2.45) is 0 Å². The van der Waals surface area contributed by atoms with Crippen LogP contribution in [0.1, 0.15) is 12.0 Å². The first-order valence-corrected chi connectivity index (χ1v) is 9.53. The zero-order valence-electron chi connectivity index (χ0n) is 15.6. The number of para-hydroxylation sites is 1. The van der Waals surface area contributed by atoms with Gasteiger partial charge in [-0.15, -0.1) is 0 Å². The van der Waals surface area contributed by atoms with Crippen molar-refractivity contribution in [3.63, 3.8) is 0 Å². The summed E-state index contributed by atoms with van der Waals surface area (Å²) >= 11 is 6.24. The SMILES string of the molecule is COc1ccc(C2=CC(Oc3ccccc3)=CC[CH]2)c(-c2cccc(Cl)c2)c1. The fraction of sp³-hybridized carbons (Fsp3) is 0.0800. The van der Waals surface area contributed by atoms with Crippen LogP contribution in [0.25, 0.3) is 16.7 Å². The molecule has 0 heterocycles. The maximum atomic E-state index is 6.24. The van der Waals surface area contributed by atoms with E-state index in [2.05, 4.69) is 30.7 Å². The Morgan fingerprint density at radius 1 is 0.821 bits per heavy atom. The summed E-state index contributed by atoms with van der Waals surface area (Å²) in [5.74, 6) is 2.49. The van der Waals surface area contributed by atoms with Crippen molar-refractivity contribution in [2.75, 3.05) is 7.11 Å². The van der Waals surface area contributed by atoms with Crippen molar-refractivity contribution >= 4 is 17.2 Å². The summed E-state index contributed by atoms with van der Waals surface area (Å²) in [5, 5.41) is 0.709. The highest BCUT2D eigenvalue weighted by molar-refractivity contribution is 6.30. The lowest BCUT2D eigenvalue weighted by atomic mass is 9.90. The molecule has 1 aliphatic carbocycles. The molecule has 0 fully saturated rings. The van der Waals surface area contributed by atoms with Gasteiger partial charge in [-0.25, -0.2) is 0 Å². The van der Waals surface area contributed by atoms with Gasteiger partial charge in [0.15, 0.2) is 0 Å². The minimum Gasteiger partial charge on any atom is -0.497 e. The molecule has 0 N–H and O–H groups in total. The maximum absolute atomic E-state index is 6.24. The number of halogens is 1. The summed E-state index contributed by atoms with van der Waals surface area (Å²) in [6.45, 7) is 0. The molecule has 0 aromatic heterocycles. The largest absolute Gasteiger partial charge is 0.497 e. The second-order valence-electron chi connectivity index (χ2n) is 6.48. The van der Waals surface area contributed by atoms with E-state index in [0.717, 1.165) is 45.9 Å². The van der Waals surface area contributed by atoms with Crippen LogP contribution < -0.4 is 9.47 Å². The third-order valence-electron chi connectivity index (χ3n) is 4.61. The van der Waals surface area contributed by atoms with Gasteiger partial charge >= 0.3 is 0 Å². The van der Waals surface area contributed by atoms with Crippen LogP contribution in [-0.4, -0.2) is 7.11 Å². The van der Waals surface area contributed by atoms with Crippen LogP contribution in [0.15, 0.2) is 90.7 Å². The van der Waals surface area contributed by atoms with Crippen molar-refractivity contribution in [2.45, 2.75) is 6.42 Å². The number of methoxy groups -OCH3 is 1. The van der Waals surface area contributed by atoms with Gasteiger partial charge in [-0.2, -0.15) is 0 Å². The summed E-state index contributed by atoms with van der Waals surface area (Å²) in [6, 6.07) is 23.8. The van der Waals surface area contributed by atoms with Crippen molar-refractivity contribution in [1.82, 2.24) is 0 Å². The van der Waals surface area contributed by atoms with Crippen LogP contribution in [0.3, 0.4) is 0 Å². The second-order valence-corrected chi connectivity index (χ2v) is 6.92. The zero-order valence-corrected chi connectivity index (χ0v) is 16.3. The molecule has 0 aliphatic heterocycles. The fourth-order valence-electron chi connectivity index (χ4n) is 3.25. The minimum atomic E-state index is 0.709. The summed E-state index contributed by atoms with van der Waals surface area (Å²) in [7, 11) is 1.68. The minimum absolute atomic E-state index is 0.709. The molecule has 0 saturated carbocycles. The van der Waals surface area contributed by atoms with E-state index in [1.165, 1.54) is 0 Å². The van der Waals surface area contributed by atoms with E-state index >= 15 is 0 Å². The van der Waals surface area contributed by atoms with Gasteiger partial charge in [0.25, 0.3) is 0 Å². The number of rotatable bonds is 5. The third-order valence-corrected chi connectivity index (χ3v) is 4.84. The Morgan fingerprint density at radius 3 is 2.46 bits per heavy atom. The van der Waals surface area contributed by atoms with E-state index < -0.39 is 0 Å². The molecule has 28 heavy (non-hydrogen) atoms. The molecule has 1 radical (unpaired) electrons. The number of hydrogen-bond donors (Lipinski definition) is 0. The highest BCUT2D eigenvalue weighted by Crippen LogP contribution is 2.37. The summed E-state index contributed by atoms with van der Waals surface area (Å²) in [6.07, 6.45) is 7.17. The van der Waals surface area contributed by atoms with Gasteiger partial charge in [-0.1, -0.05) is 48.0 Å². The molecule has 3 heteroatoms. The lowest BCUT2D eigenvalue weighted by Gasteiger charge is -2.18. The number of benzene rings is 3. The number of hydrogen-bond acceptors (Lipinski definition) is 2. The quantitative estimate of drug-likeness (QED) is 0.470. The fourth-order valence-corrected chi connectivity index (χ4v) is 3.44. The first-order valence-electron chi connectivity index (χ1n) is 9.15. The number of ether oxygens (including phenoxy) is 2. The first-order chi connectivity index (χ1) is 13.7. The van der Waals surface area contributed by atoms with E-state index in [0.29, 0.717) is 5.02 Å². The van der Waals surface area contributed by atoms with Crippen LogP contribution >= 0.6 is 11.6 Å². The molecule has 3 aromatic carbocycles. The summed E-state index contributed by atoms with van der Waals surface area (Å²) in [5.41, 5.74) is 4.36. The van der Waals surface area contributed by atoms with Gasteiger partial charge < -0.3 is 9.47 Å². The molecule has 139 valence electrons. The molecule has 0 bridgehead atoms. The maximum Gasteiger partial charge on any atom is 0.127 e. The molecule has 0 unspecified atom stereocenters. The topological polar surface area (TPSA) is 18.5 Å². The Hall–Kier alpha value is -2.97. The van der Waals surface area contributed by atoms with E-state index in [-0.39, 0.29) is 0 Å². The lowest BCUT2D eigenvalue weighted by Crippen LogP contribution is -2.01. The highest BCUT2D eigenvalue weighted by atomic mass is 35.5. The molecule has 0 atom stereocenters. The lowest BCUT2D eigenvalue weighted by molar-refractivity contribution is 0.415. The Bertz CT molecular complexity index is 1040. The monoisotopic (exact) mass is 387 g/mol. The molecule has 3 aromatic rings. The van der Waals surface area contributed by atoms with E-state index in [9.17, 15) is 0 Å². The molecule has 2 nitrogen and oxygen atoms in total. The van der Waals surface area contributed by atoms with Crippen molar-refractivity contribution < 1.29 is 9.47 Å². The van der Waals surface area contributed by atoms with Crippen LogP contribution in [0, 0.1) is 6.42 Å². The average molecular weight is 388 g/mol. The molecule has 0 spiro atoms. The average Bonchev–Trinajstić information content (AvgIpc) is 2.74. The van der Waals surface area contributed by atoms with Gasteiger partial charge in [-0.3, -0.25) is 0 Å². The van der Waals surface area contributed by atoms with Gasteiger partial charge in [0.2, 0.25) is 0 Å². The Kier molecular flexibility index (Phi) is 5.50. The van der Waals surface area contributed by atoms with Crippen molar-refractivity contribution in [1.29, 1.82) is 0 Å². The normalized spacial score (nSPS) is 13.5. The summed E-state index contributed by atoms with van der Waals surface area (Å²) in [4.78, 5) is 0. The molecule has 0 amide bonds. The van der Waals surface area contributed by atoms with Gasteiger partial charge in [-0.05, 0) is 83.7 Å². The van der Waals surface area contributed by atoms with E-state index in [1.807, 2.05) is 60.7 Å². The Balaban J connectivity index is 1.73. The molecule has 4 rings (SSSR count). The van der Waals surface area contributed by atoms with E-state index in [1.54, 1.807) is 7.11 Å². The standard InChI is InChI=1S/C25H20ClO2/c1-27-22-13-14-24(25(17-22)18-7-5-9-20(26)15-18)19-8-6-12-23(16-19)28-21-10-3-2-4-11-21/h2-5,7-17H,6H2,1H3. The Labute approximate surface area is 170 Å². The smallest absolute Gasteiger partial charge is 0.127 e. The second kappa shape index (κ2) is 8.37. The van der Waals surface area contributed by atoms with E-state index in [4.69, 9.17) is 21.1 Å². The van der Waals surface area contributed by atoms with Gasteiger partial charge in [0.1, 0.15) is 17.3 Å². The summed E-state index contributed by atoms with van der Waals surface area (Å²) < 4.78 is 11.5. The van der Waals surface area contributed by atoms with Crippen LogP contribution in [0.2, 0.25) is 5.02 Å². The van der Waals surface area contributed by atoms with Gasteiger partial charge in [0, 0.05) is 5.02 Å². The number of allylic oxidation sites excluding steroid dienone is 3. The molecule has 1 aliphatic rings. The zero-order chi connectivity index (χ0) is 19.3. The molecular formula is C25H20ClO2. The molecular weight excluding hydrogens is 368 g/mol. The third kappa shape index (κ3) is 4.13. The van der Waals surface area contributed by atoms with Crippen LogP contribution in [0.4, 0.5) is 0 Å².